The summed E-state index contributed by atoms with van der Waals surface area (Å²) in [5.74, 6) is 1.53. The van der Waals surface area contributed by atoms with Gasteiger partial charge in [0, 0.05) is 14.2 Å². The van der Waals surface area contributed by atoms with Crippen LogP contribution in [0.15, 0.2) is 83.5 Å². The first-order valence-corrected chi connectivity index (χ1v) is 18.1. The minimum Gasteiger partial charge on any atom is -0.494 e. The Morgan fingerprint density at radius 1 is 0.950 bits per heavy atom. The lowest BCUT2D eigenvalue weighted by Gasteiger charge is -2.23. The third-order valence-electron chi connectivity index (χ3n) is 5.90. The topological polar surface area (TPSA) is 63.2 Å². The molecule has 0 saturated heterocycles. The molecule has 3 aromatic rings. The third kappa shape index (κ3) is 11.7. The molecule has 0 aromatic heterocycles. The highest BCUT2D eigenvalue weighted by atomic mass is 35.5. The van der Waals surface area contributed by atoms with Gasteiger partial charge in [-0.05, 0) is 55.3 Å². The third-order valence-corrected chi connectivity index (χ3v) is 10.8. The van der Waals surface area contributed by atoms with Crippen LogP contribution in [-0.4, -0.2) is 28.9 Å². The van der Waals surface area contributed by atoms with Crippen LogP contribution in [0.1, 0.15) is 18.9 Å². The molecule has 40 heavy (non-hydrogen) atoms. The maximum absolute atomic E-state index is 14.1. The molecule has 0 fully saturated rings. The molecule has 11 heteroatoms. The highest BCUT2D eigenvalue weighted by molar-refractivity contribution is 7.48. The van der Waals surface area contributed by atoms with Gasteiger partial charge in [0.2, 0.25) is 0 Å². The first-order valence-electron chi connectivity index (χ1n) is 12.7. The standard InChI is InChI=1S/C25H29FO2Si.C4H7Cl2O4P/c1-4-27-21-13-15-23(16-14-21)29(2,3)18-8-9-20-12-17-24(26)25(19-20)28-22-10-6-5-7-11-22;1-8-11(7,9-2)10-3-4(5)6/h5-7,10-17,19H,4,8-9,18H2,1-3H3;3H,1-2H3. The lowest BCUT2D eigenvalue weighted by atomic mass is 10.1. The monoisotopic (exact) mass is 628 g/mol. The summed E-state index contributed by atoms with van der Waals surface area (Å²) in [6, 6.07) is 24.3. The van der Waals surface area contributed by atoms with E-state index in [9.17, 15) is 8.96 Å². The van der Waals surface area contributed by atoms with E-state index < -0.39 is 15.9 Å². The Labute approximate surface area is 247 Å². The zero-order valence-electron chi connectivity index (χ0n) is 23.4. The number of hydrogen-bond donors (Lipinski definition) is 0. The minimum atomic E-state index is -3.48. The summed E-state index contributed by atoms with van der Waals surface area (Å²) in [5.41, 5.74) is 1.11. The number of rotatable bonds is 13. The van der Waals surface area contributed by atoms with Gasteiger partial charge in [0.15, 0.2) is 11.6 Å². The number of aryl methyl sites for hydroxylation is 1. The molecule has 0 saturated carbocycles. The Morgan fingerprint density at radius 3 is 2.17 bits per heavy atom. The van der Waals surface area contributed by atoms with Gasteiger partial charge >= 0.3 is 7.82 Å². The predicted octanol–water partition coefficient (Wildman–Crippen LogP) is 9.25. The van der Waals surface area contributed by atoms with Gasteiger partial charge in [0.1, 0.15) is 22.3 Å². The van der Waals surface area contributed by atoms with Crippen LogP contribution in [0.4, 0.5) is 4.39 Å². The highest BCUT2D eigenvalue weighted by Gasteiger charge is 2.23. The zero-order valence-corrected chi connectivity index (χ0v) is 26.8. The van der Waals surface area contributed by atoms with Crippen LogP contribution in [0.25, 0.3) is 0 Å². The SMILES string of the molecule is CCOc1ccc([Si](C)(C)CCCc2ccc(F)c(Oc3ccccc3)c2)cc1.COP(=O)(OC)OC=C(Cl)Cl. The van der Waals surface area contributed by atoms with Crippen LogP contribution in [0, 0.1) is 5.82 Å². The molecule has 3 rings (SSSR count). The summed E-state index contributed by atoms with van der Waals surface area (Å²) in [7, 11) is -2.64. The quantitative estimate of drug-likeness (QED) is 0.107. The number of phosphoric ester groups is 1. The first-order chi connectivity index (χ1) is 19.0. The van der Waals surface area contributed by atoms with E-state index in [0.717, 1.165) is 30.4 Å². The number of phosphoric acid groups is 1. The van der Waals surface area contributed by atoms with Crippen molar-refractivity contribution < 1.29 is 32.0 Å². The average Bonchev–Trinajstić information content (AvgIpc) is 2.95. The second-order valence-electron chi connectivity index (χ2n) is 9.20. The van der Waals surface area contributed by atoms with Crippen molar-refractivity contribution in [3.8, 4) is 17.2 Å². The zero-order chi connectivity index (χ0) is 29.6. The molecule has 0 heterocycles. The molecule has 0 N–H and O–H groups in total. The molecule has 0 aliphatic rings. The van der Waals surface area contributed by atoms with Crippen molar-refractivity contribution in [1.82, 2.24) is 0 Å². The second-order valence-corrected chi connectivity index (χ2v) is 16.9. The van der Waals surface area contributed by atoms with Crippen LogP contribution < -0.4 is 14.7 Å². The van der Waals surface area contributed by atoms with E-state index in [1.54, 1.807) is 0 Å². The van der Waals surface area contributed by atoms with Crippen LogP contribution in [-0.2, 0) is 24.6 Å². The van der Waals surface area contributed by atoms with Crippen molar-refractivity contribution in [1.29, 1.82) is 0 Å². The molecule has 3 aromatic carbocycles. The summed E-state index contributed by atoms with van der Waals surface area (Å²) < 4.78 is 49.5. The summed E-state index contributed by atoms with van der Waals surface area (Å²) in [6.07, 6.45) is 2.86. The van der Waals surface area contributed by atoms with Gasteiger partial charge in [-0.3, -0.25) is 9.05 Å². The molecule has 0 unspecified atom stereocenters. The molecular weight excluding hydrogens is 593 g/mol. The van der Waals surface area contributed by atoms with Crippen molar-refractivity contribution in [2.75, 3.05) is 20.8 Å². The molecular formula is C29H36Cl2FO6PSi. The van der Waals surface area contributed by atoms with Gasteiger partial charge in [0.25, 0.3) is 0 Å². The Morgan fingerprint density at radius 2 is 1.60 bits per heavy atom. The molecule has 0 amide bonds. The summed E-state index contributed by atoms with van der Waals surface area (Å²) >= 11 is 10.3. The number of hydrogen-bond acceptors (Lipinski definition) is 6. The molecule has 218 valence electrons. The smallest absolute Gasteiger partial charge is 0.494 e. The average molecular weight is 630 g/mol. The van der Waals surface area contributed by atoms with E-state index in [0.29, 0.717) is 12.4 Å². The van der Waals surface area contributed by atoms with Crippen LogP contribution >= 0.6 is 31.0 Å². The van der Waals surface area contributed by atoms with E-state index in [-0.39, 0.29) is 16.1 Å². The van der Waals surface area contributed by atoms with E-state index >= 15 is 0 Å². The molecule has 0 bridgehead atoms. The van der Waals surface area contributed by atoms with E-state index in [1.165, 1.54) is 31.5 Å². The Kier molecular flexibility index (Phi) is 14.3. The van der Waals surface area contributed by atoms with Gasteiger partial charge in [-0.2, -0.15) is 0 Å². The fraction of sp³-hybridized carbons (Fsp3) is 0.310. The number of halogens is 3. The van der Waals surface area contributed by atoms with Crippen molar-refractivity contribution in [2.45, 2.75) is 38.9 Å². The van der Waals surface area contributed by atoms with Gasteiger partial charge < -0.3 is 14.0 Å². The fourth-order valence-electron chi connectivity index (χ4n) is 3.71. The highest BCUT2D eigenvalue weighted by Crippen LogP contribution is 2.48. The minimum absolute atomic E-state index is 0.167. The fourth-order valence-corrected chi connectivity index (χ4v) is 6.90. The van der Waals surface area contributed by atoms with Crippen molar-refractivity contribution in [3.63, 3.8) is 0 Å². The van der Waals surface area contributed by atoms with Crippen LogP contribution in [0.2, 0.25) is 19.1 Å². The Hall–Kier alpha value is -2.32. The van der Waals surface area contributed by atoms with Crippen molar-refractivity contribution in [2.24, 2.45) is 0 Å². The largest absolute Gasteiger partial charge is 0.529 e. The van der Waals surface area contributed by atoms with Crippen LogP contribution in [0.5, 0.6) is 17.2 Å². The first kappa shape index (κ1) is 33.9. The Bertz CT molecular complexity index is 1250. The number of para-hydroxylation sites is 1. The van der Waals surface area contributed by atoms with Crippen LogP contribution in [0.3, 0.4) is 0 Å². The summed E-state index contributed by atoms with van der Waals surface area (Å²) in [6.45, 7) is 7.49. The van der Waals surface area contributed by atoms with E-state index in [4.69, 9.17) is 32.7 Å². The van der Waals surface area contributed by atoms with Gasteiger partial charge in [0.05, 0.1) is 14.7 Å². The molecule has 6 nitrogen and oxygen atoms in total. The number of ether oxygens (including phenoxy) is 2. The maximum atomic E-state index is 14.1. The number of benzene rings is 3. The molecule has 0 aliphatic heterocycles. The maximum Gasteiger partial charge on any atom is 0.529 e. The van der Waals surface area contributed by atoms with E-state index in [1.807, 2.05) is 49.4 Å². The lowest BCUT2D eigenvalue weighted by Crippen LogP contribution is -2.41. The predicted molar refractivity (Wildman–Crippen MR) is 163 cm³/mol. The van der Waals surface area contributed by atoms with Crippen molar-refractivity contribution in [3.05, 3.63) is 94.9 Å². The second kappa shape index (κ2) is 16.8. The lowest BCUT2D eigenvalue weighted by molar-refractivity contribution is 0.194. The molecule has 0 atom stereocenters. The summed E-state index contributed by atoms with van der Waals surface area (Å²) in [5, 5.41) is 1.44. The normalized spacial score (nSPS) is 11.2. The van der Waals surface area contributed by atoms with Gasteiger partial charge in [-0.15, -0.1) is 0 Å². The van der Waals surface area contributed by atoms with E-state index in [2.05, 4.69) is 50.9 Å². The molecule has 0 spiro atoms. The van der Waals surface area contributed by atoms with Gasteiger partial charge in [-0.1, -0.05) is 90.3 Å². The Balaban J connectivity index is 0.000000432. The summed E-state index contributed by atoms with van der Waals surface area (Å²) in [4.78, 5) is 0. The van der Waals surface area contributed by atoms with Crippen molar-refractivity contribution >= 4 is 44.3 Å². The molecule has 0 radical (unpaired) electrons. The molecule has 0 aliphatic carbocycles. The van der Waals surface area contributed by atoms with Gasteiger partial charge in [-0.25, -0.2) is 8.96 Å².